The standard InChI is InChI=1S/C22H25ClN4O4/c1-3-29-21(30-4-2)14-27-13-20(25-26-27)22(28)24-17-9-11-18(12-10-17)31-15-16-7-5-6-8-19(16)23/h5-13,21H,3-4,14-15H2,1-2H3,(H,24,28). The van der Waals surface area contributed by atoms with E-state index in [2.05, 4.69) is 15.6 Å². The molecule has 1 aromatic heterocycles. The number of carbonyl (C=O) groups excluding carboxylic acids is 1. The number of hydrogen-bond donors (Lipinski definition) is 1. The predicted octanol–water partition coefficient (Wildman–Crippen LogP) is 4.16. The molecule has 0 radical (unpaired) electrons. The van der Waals surface area contributed by atoms with E-state index in [1.165, 1.54) is 4.68 Å². The normalized spacial score (nSPS) is 11.0. The molecule has 0 saturated carbocycles. The maximum absolute atomic E-state index is 12.5. The van der Waals surface area contributed by atoms with E-state index in [1.54, 1.807) is 30.5 Å². The summed E-state index contributed by atoms with van der Waals surface area (Å²) in [5.41, 5.74) is 1.72. The number of anilines is 1. The molecule has 8 nitrogen and oxygen atoms in total. The van der Waals surface area contributed by atoms with Crippen molar-refractivity contribution in [3.05, 3.63) is 71.0 Å². The largest absolute Gasteiger partial charge is 0.489 e. The Hall–Kier alpha value is -2.94. The molecule has 1 amide bonds. The van der Waals surface area contributed by atoms with Crippen molar-refractivity contribution >= 4 is 23.2 Å². The fourth-order valence-electron chi connectivity index (χ4n) is 2.78. The lowest BCUT2D eigenvalue weighted by Gasteiger charge is -2.16. The Labute approximate surface area is 186 Å². The van der Waals surface area contributed by atoms with Crippen molar-refractivity contribution in [2.75, 3.05) is 18.5 Å². The third-order valence-electron chi connectivity index (χ3n) is 4.28. The molecular weight excluding hydrogens is 420 g/mol. The van der Waals surface area contributed by atoms with Crippen LogP contribution in [0, 0.1) is 0 Å². The zero-order valence-electron chi connectivity index (χ0n) is 17.5. The first-order valence-electron chi connectivity index (χ1n) is 10.00. The van der Waals surface area contributed by atoms with Crippen LogP contribution in [0.15, 0.2) is 54.7 Å². The summed E-state index contributed by atoms with van der Waals surface area (Å²) in [5, 5.41) is 11.4. The molecule has 2 aromatic carbocycles. The van der Waals surface area contributed by atoms with Crippen LogP contribution >= 0.6 is 11.6 Å². The molecule has 31 heavy (non-hydrogen) atoms. The number of halogens is 1. The topological polar surface area (TPSA) is 87.5 Å². The minimum Gasteiger partial charge on any atom is -0.489 e. The van der Waals surface area contributed by atoms with Crippen LogP contribution < -0.4 is 10.1 Å². The summed E-state index contributed by atoms with van der Waals surface area (Å²) in [6, 6.07) is 14.6. The molecule has 3 aromatic rings. The molecule has 0 bridgehead atoms. The first-order valence-corrected chi connectivity index (χ1v) is 10.4. The highest BCUT2D eigenvalue weighted by Crippen LogP contribution is 2.20. The Kier molecular flexibility index (Phi) is 8.40. The van der Waals surface area contributed by atoms with Gasteiger partial charge in [0, 0.05) is 29.5 Å². The molecule has 0 aliphatic carbocycles. The van der Waals surface area contributed by atoms with E-state index in [9.17, 15) is 4.79 Å². The molecule has 0 unspecified atom stereocenters. The number of benzene rings is 2. The second-order valence-electron chi connectivity index (χ2n) is 6.52. The predicted molar refractivity (Wildman–Crippen MR) is 117 cm³/mol. The number of nitrogens with one attached hydrogen (secondary N) is 1. The van der Waals surface area contributed by atoms with E-state index in [1.807, 2.05) is 38.1 Å². The highest BCUT2D eigenvalue weighted by Gasteiger charge is 2.15. The lowest BCUT2D eigenvalue weighted by Crippen LogP contribution is -2.24. The van der Waals surface area contributed by atoms with Crippen LogP contribution in [0.2, 0.25) is 5.02 Å². The van der Waals surface area contributed by atoms with Gasteiger partial charge in [-0.05, 0) is 44.2 Å². The molecule has 9 heteroatoms. The van der Waals surface area contributed by atoms with Crippen molar-refractivity contribution in [1.82, 2.24) is 15.0 Å². The first kappa shape index (κ1) is 22.7. The van der Waals surface area contributed by atoms with Gasteiger partial charge >= 0.3 is 0 Å². The van der Waals surface area contributed by atoms with Gasteiger partial charge in [0.2, 0.25) is 0 Å². The quantitative estimate of drug-likeness (QED) is 0.447. The van der Waals surface area contributed by atoms with Crippen molar-refractivity contribution in [3.63, 3.8) is 0 Å². The van der Waals surface area contributed by atoms with Crippen molar-refractivity contribution in [2.45, 2.75) is 33.3 Å². The summed E-state index contributed by atoms with van der Waals surface area (Å²) >= 11 is 6.14. The van der Waals surface area contributed by atoms with Crippen molar-refractivity contribution < 1.29 is 19.0 Å². The van der Waals surface area contributed by atoms with Gasteiger partial charge in [0.25, 0.3) is 5.91 Å². The minimum absolute atomic E-state index is 0.200. The van der Waals surface area contributed by atoms with E-state index in [-0.39, 0.29) is 11.6 Å². The average molecular weight is 445 g/mol. The average Bonchev–Trinajstić information content (AvgIpc) is 3.23. The maximum Gasteiger partial charge on any atom is 0.277 e. The van der Waals surface area contributed by atoms with Crippen LogP contribution in [0.5, 0.6) is 5.75 Å². The zero-order chi connectivity index (χ0) is 22.1. The lowest BCUT2D eigenvalue weighted by atomic mass is 10.2. The number of carbonyl (C=O) groups is 1. The van der Waals surface area contributed by atoms with Gasteiger partial charge in [-0.15, -0.1) is 5.10 Å². The molecular formula is C22H25ClN4O4. The number of amides is 1. The molecule has 0 atom stereocenters. The highest BCUT2D eigenvalue weighted by atomic mass is 35.5. The Morgan fingerprint density at radius 1 is 1.10 bits per heavy atom. The molecule has 1 heterocycles. The van der Waals surface area contributed by atoms with E-state index < -0.39 is 6.29 Å². The summed E-state index contributed by atoms with van der Waals surface area (Å²) in [6.45, 7) is 5.52. The number of nitrogens with zero attached hydrogens (tertiary/aromatic N) is 3. The fraction of sp³-hybridized carbons (Fsp3) is 0.318. The van der Waals surface area contributed by atoms with Crippen LogP contribution in [0.1, 0.15) is 29.9 Å². The smallest absolute Gasteiger partial charge is 0.277 e. The van der Waals surface area contributed by atoms with Gasteiger partial charge < -0.3 is 19.5 Å². The van der Waals surface area contributed by atoms with Crippen molar-refractivity contribution in [1.29, 1.82) is 0 Å². The molecule has 0 spiro atoms. The third-order valence-corrected chi connectivity index (χ3v) is 4.65. The SMILES string of the molecule is CCOC(Cn1cc(C(=O)Nc2ccc(OCc3ccccc3Cl)cc2)nn1)OCC. The van der Waals surface area contributed by atoms with Crippen LogP contribution in [0.4, 0.5) is 5.69 Å². The van der Waals surface area contributed by atoms with Gasteiger partial charge in [-0.25, -0.2) is 4.68 Å². The highest BCUT2D eigenvalue weighted by molar-refractivity contribution is 6.31. The van der Waals surface area contributed by atoms with Gasteiger partial charge in [0.15, 0.2) is 12.0 Å². The molecule has 0 aliphatic rings. The number of hydrogen-bond acceptors (Lipinski definition) is 6. The Bertz CT molecular complexity index is 972. The first-order chi connectivity index (χ1) is 15.1. The van der Waals surface area contributed by atoms with E-state index in [0.29, 0.717) is 42.8 Å². The van der Waals surface area contributed by atoms with Gasteiger partial charge in [-0.2, -0.15) is 0 Å². The Morgan fingerprint density at radius 3 is 2.48 bits per heavy atom. The summed E-state index contributed by atoms with van der Waals surface area (Å²) < 4.78 is 18.2. The monoisotopic (exact) mass is 444 g/mol. The second kappa shape index (κ2) is 11.5. The lowest BCUT2D eigenvalue weighted by molar-refractivity contribution is -0.145. The van der Waals surface area contributed by atoms with Crippen LogP contribution in [-0.4, -0.2) is 40.4 Å². The van der Waals surface area contributed by atoms with Crippen molar-refractivity contribution in [3.8, 4) is 5.75 Å². The minimum atomic E-state index is -0.439. The summed E-state index contributed by atoms with van der Waals surface area (Å²) in [6.07, 6.45) is 1.12. The van der Waals surface area contributed by atoms with Crippen LogP contribution in [0.3, 0.4) is 0 Å². The molecule has 0 saturated heterocycles. The van der Waals surface area contributed by atoms with Gasteiger partial charge in [0.1, 0.15) is 12.4 Å². The van der Waals surface area contributed by atoms with Crippen molar-refractivity contribution in [2.24, 2.45) is 0 Å². The molecule has 0 aliphatic heterocycles. The third kappa shape index (κ3) is 6.78. The summed E-state index contributed by atoms with van der Waals surface area (Å²) in [7, 11) is 0. The Balaban J connectivity index is 1.53. The maximum atomic E-state index is 12.5. The summed E-state index contributed by atoms with van der Waals surface area (Å²) in [4.78, 5) is 12.5. The van der Waals surface area contributed by atoms with Gasteiger partial charge in [-0.1, -0.05) is 35.0 Å². The van der Waals surface area contributed by atoms with Crippen LogP contribution in [0.25, 0.3) is 0 Å². The Morgan fingerprint density at radius 2 is 1.81 bits per heavy atom. The number of rotatable bonds is 11. The van der Waals surface area contributed by atoms with E-state index in [0.717, 1.165) is 5.56 Å². The molecule has 164 valence electrons. The second-order valence-corrected chi connectivity index (χ2v) is 6.93. The molecule has 3 rings (SSSR count). The fourth-order valence-corrected chi connectivity index (χ4v) is 2.97. The van der Waals surface area contributed by atoms with Gasteiger partial charge in [0.05, 0.1) is 12.7 Å². The number of ether oxygens (including phenoxy) is 3. The van der Waals surface area contributed by atoms with Gasteiger partial charge in [-0.3, -0.25) is 4.79 Å². The number of aromatic nitrogens is 3. The molecule has 0 fully saturated rings. The molecule has 1 N–H and O–H groups in total. The van der Waals surface area contributed by atoms with E-state index in [4.69, 9.17) is 25.8 Å². The van der Waals surface area contributed by atoms with E-state index >= 15 is 0 Å². The zero-order valence-corrected chi connectivity index (χ0v) is 18.2. The summed E-state index contributed by atoms with van der Waals surface area (Å²) in [5.74, 6) is 0.308. The van der Waals surface area contributed by atoms with Crippen LogP contribution in [-0.2, 0) is 22.6 Å².